The molecule has 6 nitrogen and oxygen atoms in total. The Kier molecular flexibility index (Phi) is 3.84. The van der Waals surface area contributed by atoms with E-state index in [4.69, 9.17) is 0 Å². The molecule has 3 rings (SSSR count). The fourth-order valence-corrected chi connectivity index (χ4v) is 2.22. The van der Waals surface area contributed by atoms with E-state index in [1.54, 1.807) is 24.3 Å². The van der Waals surface area contributed by atoms with Crippen molar-refractivity contribution in [2.45, 2.75) is 12.7 Å². The topological polar surface area (TPSA) is 79.8 Å². The van der Waals surface area contributed by atoms with Gasteiger partial charge in [0.15, 0.2) is 0 Å². The molecule has 1 amide bonds. The Hall–Kier alpha value is -3.10. The van der Waals surface area contributed by atoms with Crippen molar-refractivity contribution in [2.24, 2.45) is 0 Å². The molecular weight excluding hydrogens is 325 g/mol. The average molecular weight is 336 g/mol. The Morgan fingerprint density at radius 2 is 2.04 bits per heavy atom. The molecule has 24 heavy (non-hydrogen) atoms. The van der Waals surface area contributed by atoms with Gasteiger partial charge >= 0.3 is 6.18 Å². The molecule has 0 radical (unpaired) electrons. The first-order chi connectivity index (χ1) is 11.3. The van der Waals surface area contributed by atoms with Crippen LogP contribution in [-0.2, 0) is 17.5 Å². The summed E-state index contributed by atoms with van der Waals surface area (Å²) in [5.41, 5.74) is -0.940. The Balaban J connectivity index is 1.81. The number of hydrogen-bond acceptors (Lipinski definition) is 3. The van der Waals surface area contributed by atoms with Crippen LogP contribution < -0.4 is 10.9 Å². The SMILES string of the molecule is O=C(Cn1cnc2ccccc21)Nc1cc(C(F)(F)F)c[nH]c1=O. The van der Waals surface area contributed by atoms with Gasteiger partial charge in [0.1, 0.15) is 12.2 Å². The molecule has 0 unspecified atom stereocenters. The zero-order valence-electron chi connectivity index (χ0n) is 12.1. The first kappa shape index (κ1) is 15.8. The number of rotatable bonds is 3. The Morgan fingerprint density at radius 3 is 2.79 bits per heavy atom. The fourth-order valence-electron chi connectivity index (χ4n) is 2.22. The van der Waals surface area contributed by atoms with Gasteiger partial charge in [0.2, 0.25) is 5.91 Å². The number of nitrogens with one attached hydrogen (secondary N) is 2. The van der Waals surface area contributed by atoms with Crippen LogP contribution in [0.4, 0.5) is 18.9 Å². The maximum Gasteiger partial charge on any atom is 0.417 e. The van der Waals surface area contributed by atoms with Crippen LogP contribution in [-0.4, -0.2) is 20.4 Å². The average Bonchev–Trinajstić information content (AvgIpc) is 2.91. The third-order valence-electron chi connectivity index (χ3n) is 3.35. The third kappa shape index (κ3) is 3.14. The minimum atomic E-state index is -4.62. The lowest BCUT2D eigenvalue weighted by molar-refractivity contribution is -0.137. The van der Waals surface area contributed by atoms with Crippen molar-refractivity contribution >= 4 is 22.6 Å². The molecule has 124 valence electrons. The number of amides is 1. The molecule has 0 bridgehead atoms. The Labute approximate surface area is 132 Å². The molecule has 0 spiro atoms. The summed E-state index contributed by atoms with van der Waals surface area (Å²) in [7, 11) is 0. The number of hydrogen-bond donors (Lipinski definition) is 2. The minimum absolute atomic E-state index is 0.184. The Morgan fingerprint density at radius 1 is 1.29 bits per heavy atom. The molecule has 9 heteroatoms. The molecule has 0 saturated carbocycles. The van der Waals surface area contributed by atoms with Crippen LogP contribution in [0.15, 0.2) is 47.7 Å². The van der Waals surface area contributed by atoms with Crippen LogP contribution >= 0.6 is 0 Å². The smallest absolute Gasteiger partial charge is 0.327 e. The van der Waals surface area contributed by atoms with Crippen LogP contribution in [0.2, 0.25) is 0 Å². The molecule has 0 aliphatic rings. The van der Waals surface area contributed by atoms with Crippen LogP contribution in [0.3, 0.4) is 0 Å². The minimum Gasteiger partial charge on any atom is -0.327 e. The number of para-hydroxylation sites is 2. The molecule has 0 atom stereocenters. The maximum absolute atomic E-state index is 12.7. The predicted molar refractivity (Wildman–Crippen MR) is 80.4 cm³/mol. The largest absolute Gasteiger partial charge is 0.417 e. The summed E-state index contributed by atoms with van der Waals surface area (Å²) < 4.78 is 39.5. The molecule has 0 saturated heterocycles. The monoisotopic (exact) mass is 336 g/mol. The van der Waals surface area contributed by atoms with E-state index in [2.05, 4.69) is 10.3 Å². The second-order valence-corrected chi connectivity index (χ2v) is 5.04. The molecular formula is C15H11F3N4O2. The molecule has 3 aromatic rings. The lowest BCUT2D eigenvalue weighted by atomic mass is 10.2. The van der Waals surface area contributed by atoms with Gasteiger partial charge in [-0.2, -0.15) is 13.2 Å². The fraction of sp³-hybridized carbons (Fsp3) is 0.133. The molecule has 0 aliphatic carbocycles. The second kappa shape index (κ2) is 5.84. The summed E-state index contributed by atoms with van der Waals surface area (Å²) in [6.07, 6.45) is -2.62. The van der Waals surface area contributed by atoms with Gasteiger partial charge in [-0.15, -0.1) is 0 Å². The van der Waals surface area contributed by atoms with Crippen LogP contribution in [0.25, 0.3) is 11.0 Å². The van der Waals surface area contributed by atoms with Gasteiger partial charge in [-0.25, -0.2) is 4.98 Å². The Bertz CT molecular complexity index is 959. The number of H-pyrrole nitrogens is 1. The number of nitrogens with zero attached hydrogens (tertiary/aromatic N) is 2. The quantitative estimate of drug-likeness (QED) is 0.771. The van der Waals surface area contributed by atoms with Crippen LogP contribution in [0, 0.1) is 0 Å². The highest BCUT2D eigenvalue weighted by molar-refractivity contribution is 5.91. The molecule has 2 heterocycles. The van der Waals surface area contributed by atoms with E-state index in [-0.39, 0.29) is 6.54 Å². The number of halogens is 3. The number of anilines is 1. The highest BCUT2D eigenvalue weighted by Gasteiger charge is 2.31. The van der Waals surface area contributed by atoms with E-state index in [1.807, 2.05) is 4.98 Å². The van der Waals surface area contributed by atoms with Gasteiger partial charge in [0, 0.05) is 6.20 Å². The van der Waals surface area contributed by atoms with E-state index < -0.39 is 28.9 Å². The van der Waals surface area contributed by atoms with E-state index in [0.717, 1.165) is 0 Å². The highest BCUT2D eigenvalue weighted by Crippen LogP contribution is 2.29. The third-order valence-corrected chi connectivity index (χ3v) is 3.35. The lowest BCUT2D eigenvalue weighted by Crippen LogP contribution is -2.24. The summed E-state index contributed by atoms with van der Waals surface area (Å²) in [4.78, 5) is 29.7. The molecule has 2 N–H and O–H groups in total. The summed E-state index contributed by atoms with van der Waals surface area (Å²) in [5.74, 6) is -0.636. The zero-order valence-corrected chi connectivity index (χ0v) is 12.1. The number of aromatic amines is 1. The predicted octanol–water partition coefficient (Wildman–Crippen LogP) is 2.38. The van der Waals surface area contributed by atoms with Crippen molar-refractivity contribution in [3.63, 3.8) is 0 Å². The number of aromatic nitrogens is 3. The number of carbonyl (C=O) groups excluding carboxylic acids is 1. The second-order valence-electron chi connectivity index (χ2n) is 5.04. The van der Waals surface area contributed by atoms with Crippen molar-refractivity contribution in [3.05, 3.63) is 58.8 Å². The molecule has 0 aliphatic heterocycles. The standard InChI is InChI=1S/C15H11F3N4O2/c16-15(17,18)9-5-11(14(24)19-6-9)21-13(23)7-22-8-20-10-3-1-2-4-12(10)22/h1-6,8H,7H2,(H,19,24)(H,21,23). The van der Waals surface area contributed by atoms with E-state index in [9.17, 15) is 22.8 Å². The van der Waals surface area contributed by atoms with E-state index in [1.165, 1.54) is 10.9 Å². The highest BCUT2D eigenvalue weighted by atomic mass is 19.4. The maximum atomic E-state index is 12.7. The molecule has 0 fully saturated rings. The first-order valence-electron chi connectivity index (χ1n) is 6.84. The van der Waals surface area contributed by atoms with Crippen molar-refractivity contribution in [1.29, 1.82) is 0 Å². The summed E-state index contributed by atoms with van der Waals surface area (Å²) in [6.45, 7) is -0.184. The molecule has 1 aromatic carbocycles. The summed E-state index contributed by atoms with van der Waals surface area (Å²) in [5, 5.41) is 2.19. The van der Waals surface area contributed by atoms with E-state index in [0.29, 0.717) is 23.3 Å². The van der Waals surface area contributed by atoms with Crippen molar-refractivity contribution in [3.8, 4) is 0 Å². The normalized spacial score (nSPS) is 11.6. The zero-order chi connectivity index (χ0) is 17.3. The van der Waals surface area contributed by atoms with Crippen molar-refractivity contribution < 1.29 is 18.0 Å². The number of imidazole rings is 1. The van der Waals surface area contributed by atoms with Gasteiger partial charge in [-0.1, -0.05) is 12.1 Å². The summed E-state index contributed by atoms with van der Waals surface area (Å²) in [6, 6.07) is 7.69. The van der Waals surface area contributed by atoms with Crippen molar-refractivity contribution in [2.75, 3.05) is 5.32 Å². The number of fused-ring (bicyclic) bond motifs is 1. The number of alkyl halides is 3. The van der Waals surface area contributed by atoms with Gasteiger partial charge in [-0.05, 0) is 18.2 Å². The van der Waals surface area contributed by atoms with E-state index >= 15 is 0 Å². The van der Waals surface area contributed by atoms with Gasteiger partial charge in [-0.3, -0.25) is 9.59 Å². The number of pyridine rings is 1. The summed E-state index contributed by atoms with van der Waals surface area (Å²) >= 11 is 0. The number of carbonyl (C=O) groups is 1. The number of benzene rings is 1. The molecule has 2 aromatic heterocycles. The van der Waals surface area contributed by atoms with Gasteiger partial charge in [0.25, 0.3) is 5.56 Å². The van der Waals surface area contributed by atoms with Gasteiger partial charge < -0.3 is 14.9 Å². The van der Waals surface area contributed by atoms with Crippen molar-refractivity contribution in [1.82, 2.24) is 14.5 Å². The van der Waals surface area contributed by atoms with Crippen LogP contribution in [0.1, 0.15) is 5.56 Å². The lowest BCUT2D eigenvalue weighted by Gasteiger charge is -2.09. The van der Waals surface area contributed by atoms with Gasteiger partial charge in [0.05, 0.1) is 22.9 Å². The van der Waals surface area contributed by atoms with Crippen LogP contribution in [0.5, 0.6) is 0 Å². The first-order valence-corrected chi connectivity index (χ1v) is 6.84.